The fraction of sp³-hybridized carbons (Fsp3) is 0.214. The van der Waals surface area contributed by atoms with Crippen LogP contribution in [0.3, 0.4) is 0 Å². The van der Waals surface area contributed by atoms with Crippen LogP contribution in [0.1, 0.15) is 15.9 Å². The van der Waals surface area contributed by atoms with Crippen molar-refractivity contribution in [1.82, 2.24) is 35.3 Å². The van der Waals surface area contributed by atoms with Gasteiger partial charge in [0.15, 0.2) is 0 Å². The van der Waals surface area contributed by atoms with Crippen LogP contribution in [0.15, 0.2) is 49.1 Å². The zero-order valence-electron chi connectivity index (χ0n) is 11.8. The molecule has 3 rings (SSSR count). The summed E-state index contributed by atoms with van der Waals surface area (Å²) in [4.78, 5) is 12.0. The van der Waals surface area contributed by atoms with E-state index in [1.807, 2.05) is 24.4 Å². The first-order valence-corrected chi connectivity index (χ1v) is 6.86. The lowest BCUT2D eigenvalue weighted by atomic mass is 10.1. The van der Waals surface area contributed by atoms with Crippen molar-refractivity contribution in [2.24, 2.45) is 0 Å². The van der Waals surface area contributed by atoms with Gasteiger partial charge in [0, 0.05) is 24.5 Å². The van der Waals surface area contributed by atoms with Gasteiger partial charge in [0.2, 0.25) is 0 Å². The molecule has 0 aliphatic rings. The number of carbonyl (C=O) groups excluding carboxylic acids is 1. The van der Waals surface area contributed by atoms with Gasteiger partial charge in [-0.25, -0.2) is 4.68 Å². The summed E-state index contributed by atoms with van der Waals surface area (Å²) in [5.74, 6) is -0.0962. The maximum atomic E-state index is 12.0. The summed E-state index contributed by atoms with van der Waals surface area (Å²) in [6.07, 6.45) is 5.13. The van der Waals surface area contributed by atoms with Crippen molar-refractivity contribution in [1.29, 1.82) is 0 Å². The van der Waals surface area contributed by atoms with E-state index < -0.39 is 0 Å². The van der Waals surface area contributed by atoms with Crippen LogP contribution in [0.4, 0.5) is 0 Å². The third-order valence-corrected chi connectivity index (χ3v) is 3.14. The van der Waals surface area contributed by atoms with E-state index in [1.165, 1.54) is 0 Å². The molecule has 1 amide bonds. The van der Waals surface area contributed by atoms with Crippen LogP contribution in [-0.2, 0) is 13.1 Å². The smallest absolute Gasteiger partial charge is 0.251 e. The fourth-order valence-electron chi connectivity index (χ4n) is 2.02. The average molecular weight is 297 g/mol. The van der Waals surface area contributed by atoms with Gasteiger partial charge >= 0.3 is 0 Å². The molecule has 0 atom stereocenters. The van der Waals surface area contributed by atoms with E-state index in [-0.39, 0.29) is 5.91 Å². The number of aromatic nitrogens is 6. The van der Waals surface area contributed by atoms with Crippen LogP contribution in [-0.4, -0.2) is 42.4 Å². The molecular weight excluding hydrogens is 282 g/mol. The molecule has 2 aromatic heterocycles. The molecule has 0 saturated heterocycles. The van der Waals surface area contributed by atoms with E-state index in [4.69, 9.17) is 0 Å². The van der Waals surface area contributed by atoms with Gasteiger partial charge in [0.25, 0.3) is 5.91 Å². The number of carbonyl (C=O) groups is 1. The summed E-state index contributed by atoms with van der Waals surface area (Å²) in [6.45, 7) is 1.76. The first kappa shape index (κ1) is 13.9. The van der Waals surface area contributed by atoms with Crippen LogP contribution in [0.5, 0.6) is 0 Å². The van der Waals surface area contributed by atoms with Gasteiger partial charge < -0.3 is 5.32 Å². The summed E-state index contributed by atoms with van der Waals surface area (Å²) in [5, 5.41) is 17.9. The van der Waals surface area contributed by atoms with Crippen molar-refractivity contribution in [3.63, 3.8) is 0 Å². The Hall–Kier alpha value is -3.03. The third kappa shape index (κ3) is 3.54. The summed E-state index contributed by atoms with van der Waals surface area (Å²) >= 11 is 0. The van der Waals surface area contributed by atoms with Crippen molar-refractivity contribution < 1.29 is 4.79 Å². The quantitative estimate of drug-likeness (QED) is 0.709. The van der Waals surface area contributed by atoms with Gasteiger partial charge in [0.1, 0.15) is 6.33 Å². The zero-order valence-corrected chi connectivity index (χ0v) is 11.8. The Bertz CT molecular complexity index is 704. The molecule has 112 valence electrons. The molecule has 8 nitrogen and oxygen atoms in total. The van der Waals surface area contributed by atoms with Gasteiger partial charge in [-0.05, 0) is 34.2 Å². The number of nitrogens with zero attached hydrogens (tertiary/aromatic N) is 6. The highest BCUT2D eigenvalue weighted by atomic mass is 16.1. The topological polar surface area (TPSA) is 90.5 Å². The average Bonchev–Trinajstić information content (AvgIpc) is 3.21. The second kappa shape index (κ2) is 6.61. The summed E-state index contributed by atoms with van der Waals surface area (Å²) < 4.78 is 3.40. The summed E-state index contributed by atoms with van der Waals surface area (Å²) in [6, 6.07) is 9.23. The number of benzene rings is 1. The molecular formula is C14H15N7O. The molecule has 1 aromatic carbocycles. The number of rotatable bonds is 6. The van der Waals surface area contributed by atoms with Gasteiger partial charge in [-0.1, -0.05) is 12.1 Å². The van der Waals surface area contributed by atoms with Crippen LogP contribution >= 0.6 is 0 Å². The number of hydrogen-bond donors (Lipinski definition) is 1. The molecule has 2 heterocycles. The Morgan fingerprint density at radius 3 is 2.73 bits per heavy atom. The minimum Gasteiger partial charge on any atom is -0.350 e. The van der Waals surface area contributed by atoms with Crippen molar-refractivity contribution in [2.45, 2.75) is 13.1 Å². The van der Waals surface area contributed by atoms with Crippen LogP contribution < -0.4 is 5.32 Å². The SMILES string of the molecule is O=C(NCCn1cccn1)c1ccc(Cn2cnnn2)cc1. The second-order valence-corrected chi connectivity index (χ2v) is 4.73. The molecule has 22 heavy (non-hydrogen) atoms. The lowest BCUT2D eigenvalue weighted by molar-refractivity contribution is 0.0952. The number of nitrogens with one attached hydrogen (secondary N) is 1. The van der Waals surface area contributed by atoms with E-state index in [1.54, 1.807) is 34.0 Å². The molecule has 0 radical (unpaired) electrons. The Morgan fingerprint density at radius 1 is 1.18 bits per heavy atom. The molecule has 0 saturated carbocycles. The molecule has 0 bridgehead atoms. The van der Waals surface area contributed by atoms with Gasteiger partial charge in [0.05, 0.1) is 13.1 Å². The molecule has 0 unspecified atom stereocenters. The molecule has 3 aromatic rings. The third-order valence-electron chi connectivity index (χ3n) is 3.14. The zero-order chi connectivity index (χ0) is 15.2. The van der Waals surface area contributed by atoms with Crippen LogP contribution in [0.25, 0.3) is 0 Å². The lowest BCUT2D eigenvalue weighted by Crippen LogP contribution is -2.27. The molecule has 0 fully saturated rings. The van der Waals surface area contributed by atoms with E-state index in [9.17, 15) is 4.79 Å². The highest BCUT2D eigenvalue weighted by Crippen LogP contribution is 2.05. The predicted octanol–water partition coefficient (Wildman–Crippen LogP) is 0.348. The van der Waals surface area contributed by atoms with Crippen LogP contribution in [0.2, 0.25) is 0 Å². The van der Waals surface area contributed by atoms with Crippen molar-refractivity contribution in [3.8, 4) is 0 Å². The van der Waals surface area contributed by atoms with Crippen LogP contribution in [0, 0.1) is 0 Å². The van der Waals surface area contributed by atoms with E-state index in [0.717, 1.165) is 5.56 Å². The molecule has 0 aliphatic heterocycles. The highest BCUT2D eigenvalue weighted by molar-refractivity contribution is 5.94. The number of amides is 1. The molecule has 1 N–H and O–H groups in total. The minimum absolute atomic E-state index is 0.0962. The Balaban J connectivity index is 1.52. The Morgan fingerprint density at radius 2 is 2.05 bits per heavy atom. The number of tetrazole rings is 1. The highest BCUT2D eigenvalue weighted by Gasteiger charge is 2.05. The molecule has 0 aliphatic carbocycles. The van der Waals surface area contributed by atoms with Crippen molar-refractivity contribution in [3.05, 3.63) is 60.2 Å². The first-order chi connectivity index (χ1) is 10.8. The first-order valence-electron chi connectivity index (χ1n) is 6.86. The molecule has 0 spiro atoms. The van der Waals surface area contributed by atoms with E-state index >= 15 is 0 Å². The maximum Gasteiger partial charge on any atom is 0.251 e. The standard InChI is InChI=1S/C14H15N7O/c22-14(15-7-9-20-8-1-6-17-20)13-4-2-12(3-5-13)10-21-11-16-18-19-21/h1-6,8,11H,7,9-10H2,(H,15,22). The van der Waals surface area contributed by atoms with Crippen molar-refractivity contribution in [2.75, 3.05) is 6.54 Å². The van der Waals surface area contributed by atoms with Crippen molar-refractivity contribution >= 4 is 5.91 Å². The van der Waals surface area contributed by atoms with E-state index in [0.29, 0.717) is 25.2 Å². The van der Waals surface area contributed by atoms with Gasteiger partial charge in [-0.3, -0.25) is 9.48 Å². The Kier molecular flexibility index (Phi) is 4.19. The maximum absolute atomic E-state index is 12.0. The predicted molar refractivity (Wildman–Crippen MR) is 77.9 cm³/mol. The fourth-order valence-corrected chi connectivity index (χ4v) is 2.02. The lowest BCUT2D eigenvalue weighted by Gasteiger charge is -2.06. The summed E-state index contributed by atoms with van der Waals surface area (Å²) in [5.41, 5.74) is 1.65. The largest absolute Gasteiger partial charge is 0.350 e. The molecule has 8 heteroatoms. The van der Waals surface area contributed by atoms with Gasteiger partial charge in [-0.2, -0.15) is 5.10 Å². The van der Waals surface area contributed by atoms with Gasteiger partial charge in [-0.15, -0.1) is 5.10 Å². The Labute approximate surface area is 126 Å². The normalized spacial score (nSPS) is 10.5. The second-order valence-electron chi connectivity index (χ2n) is 4.73. The minimum atomic E-state index is -0.0962. The number of hydrogen-bond acceptors (Lipinski definition) is 5. The van der Waals surface area contributed by atoms with E-state index in [2.05, 4.69) is 25.9 Å². The summed E-state index contributed by atoms with van der Waals surface area (Å²) in [7, 11) is 0. The monoisotopic (exact) mass is 297 g/mol.